The molecule has 12 aromatic rings. The standard InChI is InChI=1S/C56H35NO2/c1-2-15-36(16-3-1)37-31-33-38(34-32-37)53-45-22-6-4-19-42(45)43-20-5-7-23-46(43)55(53)57(49-27-14-30-52-54(49)48-24-9-11-29-51(48)58-52)40-18-12-17-39(35-40)41-25-13-26-47-44-21-8-10-28-50(44)59-56(41)47/h1-35H. The Labute approximate surface area is 340 Å². The van der Waals surface area contributed by atoms with E-state index in [2.05, 4.69) is 199 Å². The summed E-state index contributed by atoms with van der Waals surface area (Å²) >= 11 is 0. The van der Waals surface area contributed by atoms with E-state index in [1.165, 1.54) is 27.3 Å². The van der Waals surface area contributed by atoms with Crippen LogP contribution in [-0.4, -0.2) is 0 Å². The van der Waals surface area contributed by atoms with E-state index in [9.17, 15) is 0 Å². The summed E-state index contributed by atoms with van der Waals surface area (Å²) in [5.74, 6) is 0. The maximum absolute atomic E-state index is 6.60. The monoisotopic (exact) mass is 753 g/mol. The number of hydrogen-bond donors (Lipinski definition) is 0. The topological polar surface area (TPSA) is 29.5 Å². The SMILES string of the molecule is c1ccc(-c2ccc(-c3c(N(c4cccc(-c5cccc6c5oc5ccccc56)c4)c4cccc5oc6ccccc6c45)c4ccccc4c4ccccc34)cc2)cc1. The number of nitrogens with zero attached hydrogens (tertiary/aromatic N) is 1. The van der Waals surface area contributed by atoms with Gasteiger partial charge in [0.2, 0.25) is 0 Å². The molecule has 0 radical (unpaired) electrons. The van der Waals surface area contributed by atoms with Gasteiger partial charge in [-0.1, -0.05) is 176 Å². The summed E-state index contributed by atoms with van der Waals surface area (Å²) in [5, 5.41) is 9.11. The van der Waals surface area contributed by atoms with Crippen LogP contribution in [0.4, 0.5) is 17.1 Å². The van der Waals surface area contributed by atoms with Crippen molar-refractivity contribution in [1.29, 1.82) is 0 Å². The zero-order valence-corrected chi connectivity index (χ0v) is 32.0. The molecule has 0 N–H and O–H groups in total. The van der Waals surface area contributed by atoms with Gasteiger partial charge in [0.1, 0.15) is 22.3 Å². The number of benzene rings is 10. The molecule has 0 atom stereocenters. The summed E-state index contributed by atoms with van der Waals surface area (Å²) in [6, 6.07) is 75.8. The molecule has 0 aliphatic rings. The quantitative estimate of drug-likeness (QED) is 0.158. The maximum Gasteiger partial charge on any atom is 0.143 e. The summed E-state index contributed by atoms with van der Waals surface area (Å²) in [4.78, 5) is 2.47. The molecule has 0 aliphatic carbocycles. The van der Waals surface area contributed by atoms with Crippen LogP contribution in [0.3, 0.4) is 0 Å². The van der Waals surface area contributed by atoms with Gasteiger partial charge in [-0.15, -0.1) is 0 Å². The lowest BCUT2D eigenvalue weighted by Gasteiger charge is -2.31. The van der Waals surface area contributed by atoms with Crippen LogP contribution in [0.5, 0.6) is 0 Å². The van der Waals surface area contributed by atoms with Gasteiger partial charge >= 0.3 is 0 Å². The third kappa shape index (κ3) is 5.29. The van der Waals surface area contributed by atoms with Crippen LogP contribution in [0.15, 0.2) is 221 Å². The summed E-state index contributed by atoms with van der Waals surface area (Å²) in [6.07, 6.45) is 0. The Kier molecular flexibility index (Phi) is 7.54. The fraction of sp³-hybridized carbons (Fsp3) is 0. The molecule has 12 rings (SSSR count). The zero-order valence-electron chi connectivity index (χ0n) is 32.0. The predicted octanol–water partition coefficient (Wildman–Crippen LogP) is 16.3. The molecular weight excluding hydrogens is 719 g/mol. The van der Waals surface area contributed by atoms with Crippen molar-refractivity contribution in [2.24, 2.45) is 0 Å². The average Bonchev–Trinajstić information content (AvgIpc) is 3.89. The lowest BCUT2D eigenvalue weighted by molar-refractivity contribution is 0.669. The van der Waals surface area contributed by atoms with Gasteiger partial charge < -0.3 is 13.7 Å². The first-order valence-electron chi connectivity index (χ1n) is 20.1. The Bertz CT molecular complexity index is 3560. The molecular formula is C56H35NO2. The summed E-state index contributed by atoms with van der Waals surface area (Å²) in [5.41, 5.74) is 13.4. The summed E-state index contributed by atoms with van der Waals surface area (Å²) in [7, 11) is 0. The number of rotatable bonds is 6. The van der Waals surface area contributed by atoms with Crippen molar-refractivity contribution in [1.82, 2.24) is 0 Å². The van der Waals surface area contributed by atoms with Crippen LogP contribution in [-0.2, 0) is 0 Å². The highest BCUT2D eigenvalue weighted by atomic mass is 16.3. The van der Waals surface area contributed by atoms with Gasteiger partial charge in [0.05, 0.1) is 16.8 Å². The van der Waals surface area contributed by atoms with Crippen molar-refractivity contribution >= 4 is 82.5 Å². The lowest BCUT2D eigenvalue weighted by Crippen LogP contribution is -2.13. The minimum Gasteiger partial charge on any atom is -0.456 e. The number of para-hydroxylation sites is 3. The number of anilines is 3. The van der Waals surface area contributed by atoms with Crippen LogP contribution in [0.1, 0.15) is 0 Å². The Morgan fingerprint density at radius 1 is 0.322 bits per heavy atom. The van der Waals surface area contributed by atoms with Crippen LogP contribution < -0.4 is 4.90 Å². The van der Waals surface area contributed by atoms with Crippen molar-refractivity contribution in [2.75, 3.05) is 4.90 Å². The van der Waals surface area contributed by atoms with E-state index in [1.54, 1.807) is 0 Å². The van der Waals surface area contributed by atoms with Crippen molar-refractivity contribution < 1.29 is 8.83 Å². The van der Waals surface area contributed by atoms with Gasteiger partial charge in [-0.05, 0) is 74.8 Å². The molecule has 3 heteroatoms. The van der Waals surface area contributed by atoms with Gasteiger partial charge in [-0.25, -0.2) is 0 Å². The zero-order chi connectivity index (χ0) is 38.9. The third-order valence-electron chi connectivity index (χ3n) is 11.9. The molecule has 10 aromatic carbocycles. The molecule has 2 heterocycles. The van der Waals surface area contributed by atoms with Crippen LogP contribution >= 0.6 is 0 Å². The Balaban J connectivity index is 1.19. The summed E-state index contributed by atoms with van der Waals surface area (Å²) in [6.45, 7) is 0. The van der Waals surface area contributed by atoms with Crippen LogP contribution in [0.2, 0.25) is 0 Å². The van der Waals surface area contributed by atoms with E-state index in [1.807, 2.05) is 18.2 Å². The first-order valence-corrected chi connectivity index (χ1v) is 20.1. The van der Waals surface area contributed by atoms with E-state index in [4.69, 9.17) is 8.83 Å². The number of furan rings is 2. The highest BCUT2D eigenvalue weighted by molar-refractivity contribution is 6.24. The second-order valence-corrected chi connectivity index (χ2v) is 15.2. The van der Waals surface area contributed by atoms with Gasteiger partial charge in [-0.2, -0.15) is 0 Å². The molecule has 0 aliphatic heterocycles. The Morgan fingerprint density at radius 2 is 0.864 bits per heavy atom. The van der Waals surface area contributed by atoms with Crippen molar-refractivity contribution in [3.8, 4) is 33.4 Å². The van der Waals surface area contributed by atoms with E-state index < -0.39 is 0 Å². The fourth-order valence-electron chi connectivity index (χ4n) is 9.23. The van der Waals surface area contributed by atoms with Crippen LogP contribution in [0, 0.1) is 0 Å². The van der Waals surface area contributed by atoms with Crippen molar-refractivity contribution in [2.45, 2.75) is 0 Å². The summed E-state index contributed by atoms with van der Waals surface area (Å²) < 4.78 is 13.2. The Morgan fingerprint density at radius 3 is 1.66 bits per heavy atom. The number of hydrogen-bond acceptors (Lipinski definition) is 3. The molecule has 276 valence electrons. The first kappa shape index (κ1) is 33.3. The number of fused-ring (bicyclic) bond motifs is 9. The van der Waals surface area contributed by atoms with E-state index in [-0.39, 0.29) is 0 Å². The Hall–Kier alpha value is -7.88. The highest BCUT2D eigenvalue weighted by Gasteiger charge is 2.27. The van der Waals surface area contributed by atoms with Gasteiger partial charge in [0, 0.05) is 38.4 Å². The smallest absolute Gasteiger partial charge is 0.143 e. The van der Waals surface area contributed by atoms with Crippen molar-refractivity contribution in [3.05, 3.63) is 212 Å². The fourth-order valence-corrected chi connectivity index (χ4v) is 9.23. The van der Waals surface area contributed by atoms with E-state index in [0.717, 1.165) is 88.6 Å². The predicted molar refractivity (Wildman–Crippen MR) is 247 cm³/mol. The molecule has 0 unspecified atom stereocenters. The van der Waals surface area contributed by atoms with Gasteiger partial charge in [0.25, 0.3) is 0 Å². The minimum atomic E-state index is 0.843. The third-order valence-corrected chi connectivity index (χ3v) is 11.9. The van der Waals surface area contributed by atoms with Gasteiger partial charge in [-0.3, -0.25) is 0 Å². The molecule has 0 saturated heterocycles. The lowest BCUT2D eigenvalue weighted by atomic mass is 9.89. The molecule has 0 spiro atoms. The molecule has 0 fully saturated rings. The first-order chi connectivity index (χ1) is 29.3. The van der Waals surface area contributed by atoms with Crippen LogP contribution in [0.25, 0.3) is 98.8 Å². The second kappa shape index (κ2) is 13.4. The van der Waals surface area contributed by atoms with Crippen molar-refractivity contribution in [3.63, 3.8) is 0 Å². The largest absolute Gasteiger partial charge is 0.456 e. The van der Waals surface area contributed by atoms with Gasteiger partial charge in [0.15, 0.2) is 0 Å². The normalized spacial score (nSPS) is 11.7. The molecule has 2 aromatic heterocycles. The highest BCUT2D eigenvalue weighted by Crippen LogP contribution is 2.52. The minimum absolute atomic E-state index is 0.843. The molecule has 3 nitrogen and oxygen atoms in total. The average molecular weight is 754 g/mol. The van der Waals surface area contributed by atoms with E-state index >= 15 is 0 Å². The molecule has 0 saturated carbocycles. The molecule has 59 heavy (non-hydrogen) atoms. The molecule has 0 amide bonds. The second-order valence-electron chi connectivity index (χ2n) is 15.2. The maximum atomic E-state index is 6.60. The van der Waals surface area contributed by atoms with E-state index in [0.29, 0.717) is 0 Å². The molecule has 0 bridgehead atoms.